The molecule has 8 aliphatic rings. The number of nitrogens with zero attached hydrogens (tertiary/aromatic N) is 12. The molecule has 8 N–H and O–H groups in total. The molecule has 0 amide bonds. The second kappa shape index (κ2) is 35.9. The van der Waals surface area contributed by atoms with Crippen LogP contribution in [0, 0.1) is 107 Å². The Morgan fingerprint density at radius 1 is 0.458 bits per heavy atom. The van der Waals surface area contributed by atoms with Crippen molar-refractivity contribution < 1.29 is 27.7 Å². The van der Waals surface area contributed by atoms with Gasteiger partial charge < -0.3 is 61.5 Å². The van der Waals surface area contributed by atoms with Gasteiger partial charge in [-0.1, -0.05) is 101 Å². The number of aryl methyl sites for hydroxylation is 4. The zero-order valence-corrected chi connectivity index (χ0v) is 75.8. The molecule has 4 aromatic carbocycles. The predicted octanol–water partition coefficient (Wildman–Crippen LogP) is 14.8. The molecule has 11 heterocycles. The Labute approximate surface area is 734 Å². The molecule has 7 aliphatic heterocycles. The summed E-state index contributed by atoms with van der Waals surface area (Å²) >= 11 is 43.8. The fraction of sp³-hybridized carbons (Fsp3) is 0.540. The molecule has 648 valence electrons. The van der Waals surface area contributed by atoms with E-state index in [0.717, 1.165) is 103 Å². The number of fused-ring (bicyclic) bond motifs is 1. The smallest absolute Gasteiger partial charge is 0.263 e. The summed E-state index contributed by atoms with van der Waals surface area (Å²) in [7, 11) is 1.52. The Hall–Kier alpha value is -6.99. The molecule has 33 heteroatoms. The summed E-state index contributed by atoms with van der Waals surface area (Å²) in [4.78, 5) is 80.9. The molecule has 3 spiro atoms. The number of aromatic nitrogens is 8. The van der Waals surface area contributed by atoms with Crippen LogP contribution in [0.2, 0.25) is 35.2 Å². The van der Waals surface area contributed by atoms with Crippen molar-refractivity contribution in [3.63, 3.8) is 0 Å². The van der Waals surface area contributed by atoms with E-state index in [1.807, 2.05) is 34.6 Å². The third kappa shape index (κ3) is 16.5. The minimum Gasteiger partial charge on any atom is -0.495 e. The van der Waals surface area contributed by atoms with Crippen LogP contribution in [0.4, 0.5) is 32.1 Å². The maximum absolute atomic E-state index is 13.8. The quantitative estimate of drug-likeness (QED) is 0.0875. The third-order valence-corrected chi connectivity index (χ3v) is 30.4. The standard InChI is InChI=1S/C22H28Cl2N4O3.C22H28Cl2N4O.C22H28ClFN4O2.C21H25Cl2FN4O2/c1-12-20(27-9-7-22(8-10-27)11-31-13(2)19(22)25)26-14(3)28(21(12)29)15-5-6-16(30-4)18(24)17(15)23;1-4-15-8-16-10-27(12-22(16,9-15)11-25)20-13(2)21(29)28(14(3)26-20)18-7-5-6-17(23)19(18)24;1-12-16(24)5-6-17(18(12)23)28-15(4)26-20(13(2)21(28)29)27-9-7-22(8-10-27)11-30-14(3)19(22)25;1-11-19(27-8-6-21(7-9-27)10-30-12(2)18(21)25)26-13(3)28(20(11)29)15-5-4-14(24)16(22)17(15)23/h5-6,13,19H,7-11,25H2,1-4H3;5-7,15-16H,4,8-12,25H2,1-3H3;5-6,14,19H,7-11,25H2,1-4H3;4-5,12,18H,6-10,25H2,1-3H3/t13-,19+;15?,16-,22-;14-,19+;12-,18+/m1111/s1. The number of anilines is 4. The lowest BCUT2D eigenvalue weighted by atomic mass is 9.73. The zero-order chi connectivity index (χ0) is 87.0. The summed E-state index contributed by atoms with van der Waals surface area (Å²) in [5, 5.41) is 1.28. The summed E-state index contributed by atoms with van der Waals surface area (Å²) in [6, 6.07) is 14.3. The van der Waals surface area contributed by atoms with Crippen LogP contribution in [0.1, 0.15) is 137 Å². The number of methoxy groups -OCH3 is 1. The molecule has 24 nitrogen and oxygen atoms in total. The molecule has 1 aliphatic carbocycles. The van der Waals surface area contributed by atoms with E-state index in [2.05, 4.69) is 26.5 Å². The van der Waals surface area contributed by atoms with Crippen molar-refractivity contribution in [3.8, 4) is 28.5 Å². The fourth-order valence-electron chi connectivity index (χ4n) is 19.5. The number of piperidine rings is 3. The molecule has 9 atom stereocenters. The van der Waals surface area contributed by atoms with E-state index in [1.54, 1.807) is 83.4 Å². The van der Waals surface area contributed by atoms with Crippen molar-refractivity contribution in [1.82, 2.24) is 38.2 Å². The molecule has 0 bridgehead atoms. The van der Waals surface area contributed by atoms with Crippen molar-refractivity contribution >= 4 is 104 Å². The molecule has 8 aromatic rings. The van der Waals surface area contributed by atoms with Crippen LogP contribution in [0.5, 0.6) is 5.75 Å². The minimum atomic E-state index is -0.636. The van der Waals surface area contributed by atoms with Crippen molar-refractivity contribution in [2.75, 3.05) is 105 Å². The Kier molecular flexibility index (Phi) is 27.2. The first kappa shape index (κ1) is 90.7. The van der Waals surface area contributed by atoms with Gasteiger partial charge in [-0.25, -0.2) is 28.7 Å². The van der Waals surface area contributed by atoms with E-state index in [1.165, 1.54) is 64.3 Å². The maximum atomic E-state index is 13.8. The highest BCUT2D eigenvalue weighted by Gasteiger charge is 2.54. The largest absolute Gasteiger partial charge is 0.495 e. The van der Waals surface area contributed by atoms with E-state index in [0.29, 0.717) is 139 Å². The fourth-order valence-corrected chi connectivity index (χ4v) is 21.0. The SMILES string of the molecule is CCC1C[C@@H]2CN(c3nc(C)n(-c4cccc(Cl)c4Cl)c(=O)c3C)C[C@]2(CN)C1.COc1ccc(-n2c(C)nc(N3CCC4(CC3)CO[C@H](C)[C@@H]4N)c(C)c2=O)c(Cl)c1Cl.Cc1c(F)ccc(-n2c(C)nc(N3CCC4(CC3)CO[C@H](C)[C@@H]4N)c(C)c2=O)c1Cl.Cc1c(N2CCC3(CC2)CO[C@H](C)[C@@H]3N)nc(C)n(-c2ccc(F)c(Cl)c2Cl)c1=O. The van der Waals surface area contributed by atoms with Gasteiger partial charge in [-0.2, -0.15) is 0 Å². The lowest BCUT2D eigenvalue weighted by Gasteiger charge is -2.42. The second-order valence-electron chi connectivity index (χ2n) is 34.2. The lowest BCUT2D eigenvalue weighted by molar-refractivity contribution is 0.0973. The predicted molar refractivity (Wildman–Crippen MR) is 476 cm³/mol. The van der Waals surface area contributed by atoms with Crippen LogP contribution in [-0.4, -0.2) is 160 Å². The zero-order valence-electron chi connectivity index (χ0n) is 70.5. The van der Waals surface area contributed by atoms with Crippen molar-refractivity contribution in [2.24, 2.45) is 56.4 Å². The minimum absolute atomic E-state index is 0.00696. The number of hydrogen-bond acceptors (Lipinski definition) is 20. The van der Waals surface area contributed by atoms with Crippen LogP contribution in [-0.2, 0) is 14.2 Å². The number of ether oxygens (including phenoxy) is 4. The summed E-state index contributed by atoms with van der Waals surface area (Å²) in [6.45, 7) is 33.5. The molecule has 1 saturated carbocycles. The molecule has 16 rings (SSSR count). The molecule has 7 saturated heterocycles. The first-order valence-corrected chi connectivity index (χ1v) is 43.8. The molecule has 4 aromatic heterocycles. The Morgan fingerprint density at radius 3 is 1.16 bits per heavy atom. The van der Waals surface area contributed by atoms with Gasteiger partial charge in [0.05, 0.1) is 120 Å². The second-order valence-corrected chi connectivity index (χ2v) is 36.9. The number of rotatable bonds is 11. The van der Waals surface area contributed by atoms with Crippen molar-refractivity contribution in [3.05, 3.63) is 194 Å². The topological polar surface area (TPSA) is 294 Å². The van der Waals surface area contributed by atoms with Gasteiger partial charge in [0.1, 0.15) is 69.0 Å². The Morgan fingerprint density at radius 2 is 0.808 bits per heavy atom. The summed E-state index contributed by atoms with van der Waals surface area (Å²) < 4.78 is 56.0. The highest BCUT2D eigenvalue weighted by Crippen LogP contribution is 2.53. The van der Waals surface area contributed by atoms with Crippen LogP contribution in [0.25, 0.3) is 22.7 Å². The number of hydrogen-bond donors (Lipinski definition) is 4. The summed E-state index contributed by atoms with van der Waals surface area (Å²) in [6.07, 6.45) is 9.26. The third-order valence-electron chi connectivity index (χ3n) is 27.4. The Bertz CT molecular complexity index is 5330. The van der Waals surface area contributed by atoms with Gasteiger partial charge in [-0.3, -0.25) is 37.4 Å². The van der Waals surface area contributed by atoms with Crippen molar-refractivity contribution in [1.29, 1.82) is 0 Å². The van der Waals surface area contributed by atoms with E-state index >= 15 is 0 Å². The first-order chi connectivity index (χ1) is 56.8. The van der Waals surface area contributed by atoms with E-state index < -0.39 is 11.6 Å². The molecule has 8 fully saturated rings. The summed E-state index contributed by atoms with van der Waals surface area (Å²) in [5.74, 6) is 5.72. The number of benzene rings is 4. The monoisotopic (exact) mass is 1790 g/mol. The maximum Gasteiger partial charge on any atom is 0.263 e. The summed E-state index contributed by atoms with van der Waals surface area (Å²) in [5.41, 5.74) is 29.3. The molecular formula is C87H109Cl7F2N16O8. The molecule has 0 radical (unpaired) electrons. The van der Waals surface area contributed by atoms with E-state index in [4.69, 9.17) is 143 Å². The van der Waals surface area contributed by atoms with Gasteiger partial charge in [-0.05, 0) is 201 Å². The van der Waals surface area contributed by atoms with Crippen molar-refractivity contribution in [2.45, 2.75) is 184 Å². The van der Waals surface area contributed by atoms with Crippen LogP contribution >= 0.6 is 81.2 Å². The molecule has 120 heavy (non-hydrogen) atoms. The number of nitrogens with two attached hydrogens (primary N) is 4. The molecule has 1 unspecified atom stereocenters. The average molecular weight is 1790 g/mol. The van der Waals surface area contributed by atoms with Gasteiger partial charge in [0.2, 0.25) is 0 Å². The van der Waals surface area contributed by atoms with E-state index in [9.17, 15) is 28.0 Å². The van der Waals surface area contributed by atoms with Gasteiger partial charge in [0.25, 0.3) is 22.2 Å². The van der Waals surface area contributed by atoms with Gasteiger partial charge in [-0.15, -0.1) is 0 Å². The van der Waals surface area contributed by atoms with E-state index in [-0.39, 0.29) is 105 Å². The lowest BCUT2D eigenvalue weighted by Crippen LogP contribution is -2.51. The normalized spacial score (nSPS) is 23.9. The van der Waals surface area contributed by atoms with Crippen LogP contribution < -0.4 is 69.5 Å². The van der Waals surface area contributed by atoms with Crippen LogP contribution in [0.3, 0.4) is 0 Å². The average Bonchev–Trinajstić information content (AvgIpc) is 1.56. The van der Waals surface area contributed by atoms with Gasteiger partial charge >= 0.3 is 0 Å². The number of halogens is 9. The first-order valence-electron chi connectivity index (χ1n) is 41.1. The molecular weight excluding hydrogens is 1680 g/mol. The Balaban J connectivity index is 0.000000138. The highest BCUT2D eigenvalue weighted by molar-refractivity contribution is 6.44. The van der Waals surface area contributed by atoms with Gasteiger partial charge in [0.15, 0.2) is 0 Å². The highest BCUT2D eigenvalue weighted by atomic mass is 35.5. The van der Waals surface area contributed by atoms with Gasteiger partial charge in [0, 0.05) is 97.7 Å². The van der Waals surface area contributed by atoms with Crippen LogP contribution in [0.15, 0.2) is 73.8 Å².